The molecule has 0 bridgehead atoms. The topological polar surface area (TPSA) is 20.7 Å². The number of hydrogen-bond acceptors (Lipinski definition) is 1. The van der Waals surface area contributed by atoms with Crippen LogP contribution in [0, 0.1) is 22.4 Å². The van der Waals surface area contributed by atoms with E-state index in [1.165, 1.54) is 31.7 Å². The molecule has 100 valence electrons. The molecule has 1 heterocycles. The highest BCUT2D eigenvalue weighted by atomic mass is 35.5. The minimum Gasteiger partial charge on any atom is -0.330 e. The number of imidazole rings is 1. The van der Waals surface area contributed by atoms with Crippen molar-refractivity contribution in [3.05, 3.63) is 27.7 Å². The van der Waals surface area contributed by atoms with Gasteiger partial charge in [-0.05, 0) is 55.8 Å². The Morgan fingerprint density at radius 3 is 2.47 bits per heavy atom. The van der Waals surface area contributed by atoms with Crippen LogP contribution in [0.2, 0.25) is 5.02 Å². The fourth-order valence-corrected chi connectivity index (χ4v) is 3.59. The Morgan fingerprint density at radius 2 is 1.89 bits per heavy atom. The highest BCUT2D eigenvalue weighted by Crippen LogP contribution is 2.52. The van der Waals surface area contributed by atoms with Crippen LogP contribution in [0.15, 0.2) is 12.1 Å². The second-order valence-electron chi connectivity index (χ2n) is 5.75. The zero-order chi connectivity index (χ0) is 13.1. The van der Waals surface area contributed by atoms with Crippen LogP contribution in [0.1, 0.15) is 31.7 Å². The summed E-state index contributed by atoms with van der Waals surface area (Å²) in [5.41, 5.74) is 1.69. The highest BCUT2D eigenvalue weighted by Gasteiger charge is 2.43. The molecule has 1 N–H and O–H groups in total. The molecule has 2 saturated carbocycles. The van der Waals surface area contributed by atoms with Gasteiger partial charge in [0.05, 0.1) is 16.1 Å². The third-order valence-electron chi connectivity index (χ3n) is 4.27. The highest BCUT2D eigenvalue weighted by molar-refractivity contribution is 7.71. The third-order valence-corrected chi connectivity index (χ3v) is 4.86. The third kappa shape index (κ3) is 1.93. The first-order chi connectivity index (χ1) is 9.15. The van der Waals surface area contributed by atoms with E-state index in [1.54, 1.807) is 6.07 Å². The smallest absolute Gasteiger partial charge is 0.178 e. The van der Waals surface area contributed by atoms with Crippen LogP contribution < -0.4 is 0 Å². The van der Waals surface area contributed by atoms with E-state index >= 15 is 0 Å². The van der Waals surface area contributed by atoms with Crippen molar-refractivity contribution < 1.29 is 4.39 Å². The molecule has 0 spiro atoms. The molecule has 2 aliphatic carbocycles. The zero-order valence-electron chi connectivity index (χ0n) is 10.3. The number of aromatic amines is 1. The molecule has 0 saturated heterocycles. The minimum atomic E-state index is -0.396. The molecule has 0 atom stereocenters. The predicted octanol–water partition coefficient (Wildman–Crippen LogP) is 4.85. The van der Waals surface area contributed by atoms with Crippen molar-refractivity contribution in [1.29, 1.82) is 0 Å². The molecule has 5 heteroatoms. The summed E-state index contributed by atoms with van der Waals surface area (Å²) in [4.78, 5) is 3.12. The van der Waals surface area contributed by atoms with Crippen molar-refractivity contribution in [2.45, 2.75) is 31.7 Å². The van der Waals surface area contributed by atoms with E-state index in [2.05, 4.69) is 9.55 Å². The summed E-state index contributed by atoms with van der Waals surface area (Å²) in [6.07, 6.45) is 5.13. The lowest BCUT2D eigenvalue weighted by molar-refractivity contribution is 0.400. The maximum Gasteiger partial charge on any atom is 0.178 e. The van der Waals surface area contributed by atoms with Crippen LogP contribution in [0.3, 0.4) is 0 Å². The Hall–Kier alpha value is -0.870. The van der Waals surface area contributed by atoms with Gasteiger partial charge in [-0.15, -0.1) is 0 Å². The van der Waals surface area contributed by atoms with Crippen LogP contribution in [0.5, 0.6) is 0 Å². The van der Waals surface area contributed by atoms with Crippen LogP contribution in [-0.4, -0.2) is 9.55 Å². The Labute approximate surface area is 120 Å². The number of H-pyrrole nitrogens is 1. The molecule has 0 unspecified atom stereocenters. The molecule has 4 rings (SSSR count). The molecule has 19 heavy (non-hydrogen) atoms. The van der Waals surface area contributed by atoms with Crippen LogP contribution in [0.4, 0.5) is 4.39 Å². The second-order valence-corrected chi connectivity index (χ2v) is 6.54. The summed E-state index contributed by atoms with van der Waals surface area (Å²) in [6, 6.07) is 3.62. The lowest BCUT2D eigenvalue weighted by Gasteiger charge is -2.18. The van der Waals surface area contributed by atoms with Gasteiger partial charge < -0.3 is 9.55 Å². The molecular formula is C14H14ClFN2S. The summed E-state index contributed by atoms with van der Waals surface area (Å²) < 4.78 is 16.4. The summed E-state index contributed by atoms with van der Waals surface area (Å²) >= 11 is 11.4. The van der Waals surface area contributed by atoms with E-state index in [0.717, 1.165) is 22.9 Å². The first kappa shape index (κ1) is 11.9. The van der Waals surface area contributed by atoms with Gasteiger partial charge in [0.15, 0.2) is 4.77 Å². The van der Waals surface area contributed by atoms with Gasteiger partial charge in [0.1, 0.15) is 5.82 Å². The molecule has 2 aliphatic rings. The Bertz CT molecular complexity index is 700. The van der Waals surface area contributed by atoms with Crippen molar-refractivity contribution >= 4 is 34.9 Å². The molecule has 2 fully saturated rings. The zero-order valence-corrected chi connectivity index (χ0v) is 11.9. The number of benzene rings is 1. The van der Waals surface area contributed by atoms with Crippen molar-refractivity contribution in [3.63, 3.8) is 0 Å². The van der Waals surface area contributed by atoms with Gasteiger partial charge >= 0.3 is 0 Å². The van der Waals surface area contributed by atoms with Crippen molar-refractivity contribution in [1.82, 2.24) is 9.55 Å². The summed E-state index contributed by atoms with van der Waals surface area (Å²) in [7, 11) is 0. The monoisotopic (exact) mass is 296 g/mol. The second kappa shape index (κ2) is 4.06. The molecular weight excluding hydrogens is 283 g/mol. The Balaban J connectivity index is 1.94. The van der Waals surface area contributed by atoms with E-state index in [-0.39, 0.29) is 5.02 Å². The number of nitrogens with zero attached hydrogens (tertiary/aromatic N) is 1. The van der Waals surface area contributed by atoms with Crippen LogP contribution >= 0.6 is 23.8 Å². The quantitative estimate of drug-likeness (QED) is 0.803. The van der Waals surface area contributed by atoms with Crippen molar-refractivity contribution in [2.24, 2.45) is 11.8 Å². The van der Waals surface area contributed by atoms with Gasteiger partial charge in [-0.2, -0.15) is 0 Å². The predicted molar refractivity (Wildman–Crippen MR) is 76.6 cm³/mol. The van der Waals surface area contributed by atoms with Gasteiger partial charge in [-0.1, -0.05) is 11.6 Å². The molecule has 2 nitrogen and oxygen atoms in total. The van der Waals surface area contributed by atoms with E-state index in [1.807, 2.05) is 0 Å². The number of rotatable bonds is 3. The maximum atomic E-state index is 13.5. The number of halogens is 2. The Kier molecular flexibility index (Phi) is 2.55. The average molecular weight is 297 g/mol. The van der Waals surface area contributed by atoms with E-state index < -0.39 is 5.82 Å². The molecule has 2 aromatic rings. The largest absolute Gasteiger partial charge is 0.330 e. The normalized spacial score (nSPS) is 19.5. The molecule has 1 aromatic carbocycles. The van der Waals surface area contributed by atoms with Gasteiger partial charge in [-0.3, -0.25) is 0 Å². The molecule has 0 radical (unpaired) electrons. The van der Waals surface area contributed by atoms with Crippen LogP contribution in [-0.2, 0) is 0 Å². The van der Waals surface area contributed by atoms with Crippen molar-refractivity contribution in [3.8, 4) is 0 Å². The summed E-state index contributed by atoms with van der Waals surface area (Å²) in [5, 5.41) is 0.167. The molecule has 0 aliphatic heterocycles. The fraction of sp³-hybridized carbons (Fsp3) is 0.500. The standard InChI is InChI=1S/C14H14ClFN2S/c15-9-5-12-11(6-10(9)16)17-14(19)18(12)13(7-1-2-7)8-3-4-8/h5-8,13H,1-4H2,(H,17,19). The Morgan fingerprint density at radius 1 is 1.26 bits per heavy atom. The van der Waals surface area contributed by atoms with E-state index in [4.69, 9.17) is 23.8 Å². The van der Waals surface area contributed by atoms with Crippen LogP contribution in [0.25, 0.3) is 11.0 Å². The van der Waals surface area contributed by atoms with E-state index in [0.29, 0.717) is 10.8 Å². The first-order valence-electron chi connectivity index (χ1n) is 6.74. The first-order valence-corrected chi connectivity index (χ1v) is 7.53. The molecule has 0 amide bonds. The maximum absolute atomic E-state index is 13.5. The number of fused-ring (bicyclic) bond motifs is 1. The minimum absolute atomic E-state index is 0.167. The van der Waals surface area contributed by atoms with Gasteiger partial charge in [0.25, 0.3) is 0 Å². The van der Waals surface area contributed by atoms with Gasteiger partial charge in [0.2, 0.25) is 0 Å². The SMILES string of the molecule is Fc1cc2[nH]c(=S)n(C(C3CC3)C3CC3)c2cc1Cl. The number of hydrogen-bond donors (Lipinski definition) is 1. The van der Waals surface area contributed by atoms with E-state index in [9.17, 15) is 4.39 Å². The summed E-state index contributed by atoms with van der Waals surface area (Å²) in [6.45, 7) is 0. The van der Waals surface area contributed by atoms with Gasteiger partial charge in [0, 0.05) is 12.1 Å². The van der Waals surface area contributed by atoms with Crippen molar-refractivity contribution in [2.75, 3.05) is 0 Å². The average Bonchev–Trinajstić information content (AvgIpc) is 3.24. The molecule has 1 aromatic heterocycles. The lowest BCUT2D eigenvalue weighted by atomic mass is 10.1. The number of aromatic nitrogens is 2. The fourth-order valence-electron chi connectivity index (χ4n) is 3.10. The number of nitrogens with one attached hydrogen (secondary N) is 1. The lowest BCUT2D eigenvalue weighted by Crippen LogP contribution is -2.13. The summed E-state index contributed by atoms with van der Waals surface area (Å²) in [5.74, 6) is 1.08. The van der Waals surface area contributed by atoms with Gasteiger partial charge in [-0.25, -0.2) is 4.39 Å².